The standard InChI is InChI=1S/C18H22N2O2/c1-12-6-4-8-15-16(10-13(2)19-17(12)15)18(21)20-9-5-7-14(20)11-22-3/h4,6,8,10,14H,5,7,9,11H2,1-3H3/t14-/m1/s1. The first-order valence-corrected chi connectivity index (χ1v) is 7.78. The maximum atomic E-state index is 13.1. The number of ether oxygens (including phenoxy) is 1. The van der Waals surface area contributed by atoms with E-state index in [1.54, 1.807) is 7.11 Å². The van der Waals surface area contributed by atoms with E-state index >= 15 is 0 Å². The Morgan fingerprint density at radius 1 is 1.41 bits per heavy atom. The molecule has 1 saturated heterocycles. The van der Waals surface area contributed by atoms with E-state index in [4.69, 9.17) is 4.74 Å². The van der Waals surface area contributed by atoms with Crippen LogP contribution >= 0.6 is 0 Å². The maximum absolute atomic E-state index is 13.1. The van der Waals surface area contributed by atoms with E-state index in [2.05, 4.69) is 4.98 Å². The summed E-state index contributed by atoms with van der Waals surface area (Å²) in [5.41, 5.74) is 3.67. The number of hydrogen-bond acceptors (Lipinski definition) is 3. The Bertz CT molecular complexity index is 712. The van der Waals surface area contributed by atoms with Gasteiger partial charge in [-0.15, -0.1) is 0 Å². The SMILES string of the molecule is COC[C@H]1CCCN1C(=O)c1cc(C)nc2c(C)cccc12. The molecule has 1 aromatic heterocycles. The van der Waals surface area contributed by atoms with Gasteiger partial charge < -0.3 is 9.64 Å². The smallest absolute Gasteiger partial charge is 0.254 e. The van der Waals surface area contributed by atoms with Gasteiger partial charge in [0.25, 0.3) is 5.91 Å². The van der Waals surface area contributed by atoms with E-state index in [0.717, 1.165) is 47.1 Å². The highest BCUT2D eigenvalue weighted by Crippen LogP contribution is 2.26. The third-order valence-electron chi connectivity index (χ3n) is 4.40. The monoisotopic (exact) mass is 298 g/mol. The predicted molar refractivity (Wildman–Crippen MR) is 87.2 cm³/mol. The summed E-state index contributed by atoms with van der Waals surface area (Å²) in [6.45, 7) is 5.39. The topological polar surface area (TPSA) is 42.4 Å². The molecule has 0 radical (unpaired) electrons. The summed E-state index contributed by atoms with van der Waals surface area (Å²) in [4.78, 5) is 19.6. The van der Waals surface area contributed by atoms with Gasteiger partial charge in [-0.25, -0.2) is 0 Å². The van der Waals surface area contributed by atoms with Gasteiger partial charge in [-0.3, -0.25) is 9.78 Å². The number of carbonyl (C=O) groups excluding carboxylic acids is 1. The molecule has 1 aromatic carbocycles. The van der Waals surface area contributed by atoms with Gasteiger partial charge in [-0.1, -0.05) is 18.2 Å². The molecule has 1 atom stereocenters. The van der Waals surface area contributed by atoms with Crippen molar-refractivity contribution in [2.45, 2.75) is 32.7 Å². The van der Waals surface area contributed by atoms with Crippen LogP contribution in [0.5, 0.6) is 0 Å². The highest BCUT2D eigenvalue weighted by molar-refractivity contribution is 6.07. The minimum atomic E-state index is 0.0978. The molecule has 4 nitrogen and oxygen atoms in total. The summed E-state index contributed by atoms with van der Waals surface area (Å²) in [6.07, 6.45) is 2.06. The molecule has 0 N–H and O–H groups in total. The van der Waals surface area contributed by atoms with Crippen LogP contribution in [-0.4, -0.2) is 42.1 Å². The van der Waals surface area contributed by atoms with Crippen LogP contribution < -0.4 is 0 Å². The molecule has 1 aliphatic heterocycles. The van der Waals surface area contributed by atoms with Crippen LogP contribution in [-0.2, 0) is 4.74 Å². The van der Waals surface area contributed by atoms with Crippen molar-refractivity contribution in [3.63, 3.8) is 0 Å². The second kappa shape index (κ2) is 6.05. The number of aryl methyl sites for hydroxylation is 2. The molecular weight excluding hydrogens is 276 g/mol. The number of para-hydroxylation sites is 1. The first-order chi connectivity index (χ1) is 10.6. The first kappa shape index (κ1) is 15.0. The van der Waals surface area contributed by atoms with Crippen molar-refractivity contribution in [1.29, 1.82) is 0 Å². The quantitative estimate of drug-likeness (QED) is 0.874. The first-order valence-electron chi connectivity index (χ1n) is 7.78. The van der Waals surface area contributed by atoms with Crippen molar-refractivity contribution in [1.82, 2.24) is 9.88 Å². The Kier molecular flexibility index (Phi) is 4.12. The number of methoxy groups -OCH3 is 1. The van der Waals surface area contributed by atoms with E-state index in [1.165, 1.54) is 0 Å². The number of pyridine rings is 1. The largest absolute Gasteiger partial charge is 0.383 e. The fourth-order valence-electron chi connectivity index (χ4n) is 3.32. The van der Waals surface area contributed by atoms with Gasteiger partial charge in [-0.2, -0.15) is 0 Å². The van der Waals surface area contributed by atoms with E-state index in [9.17, 15) is 4.79 Å². The molecule has 3 rings (SSSR count). The lowest BCUT2D eigenvalue weighted by atomic mass is 10.0. The van der Waals surface area contributed by atoms with Gasteiger partial charge in [0.2, 0.25) is 0 Å². The Labute approximate surface area is 131 Å². The number of benzene rings is 1. The lowest BCUT2D eigenvalue weighted by Crippen LogP contribution is -2.38. The number of fused-ring (bicyclic) bond motifs is 1. The zero-order chi connectivity index (χ0) is 15.7. The van der Waals surface area contributed by atoms with E-state index < -0.39 is 0 Å². The van der Waals surface area contributed by atoms with Crippen molar-refractivity contribution in [3.8, 4) is 0 Å². The van der Waals surface area contributed by atoms with Crippen LogP contribution in [0.3, 0.4) is 0 Å². The average molecular weight is 298 g/mol. The van der Waals surface area contributed by atoms with Gasteiger partial charge in [-0.05, 0) is 38.3 Å². The van der Waals surface area contributed by atoms with Crippen LogP contribution in [0.4, 0.5) is 0 Å². The lowest BCUT2D eigenvalue weighted by molar-refractivity contribution is 0.0632. The van der Waals surface area contributed by atoms with E-state index in [0.29, 0.717) is 6.61 Å². The minimum absolute atomic E-state index is 0.0978. The van der Waals surface area contributed by atoms with Crippen LogP contribution in [0, 0.1) is 13.8 Å². The molecule has 0 aliphatic carbocycles. The molecule has 1 aliphatic rings. The highest BCUT2D eigenvalue weighted by Gasteiger charge is 2.30. The van der Waals surface area contributed by atoms with Crippen LogP contribution in [0.1, 0.15) is 34.5 Å². The molecule has 0 saturated carbocycles. The molecular formula is C18H22N2O2. The predicted octanol–water partition coefficient (Wildman–Crippen LogP) is 3.10. The Morgan fingerprint density at radius 2 is 2.23 bits per heavy atom. The van der Waals surface area contributed by atoms with E-state index in [-0.39, 0.29) is 11.9 Å². The molecule has 2 heterocycles. The van der Waals surface area contributed by atoms with Crippen LogP contribution in [0.15, 0.2) is 24.3 Å². The average Bonchev–Trinajstić information content (AvgIpc) is 2.95. The normalized spacial score (nSPS) is 18.1. The Morgan fingerprint density at radius 3 is 3.00 bits per heavy atom. The number of rotatable bonds is 3. The van der Waals surface area contributed by atoms with Gasteiger partial charge in [0.15, 0.2) is 0 Å². The zero-order valence-corrected chi connectivity index (χ0v) is 13.4. The van der Waals surface area contributed by atoms with Crippen molar-refractivity contribution in [2.75, 3.05) is 20.3 Å². The van der Waals surface area contributed by atoms with Crippen molar-refractivity contribution < 1.29 is 9.53 Å². The van der Waals surface area contributed by atoms with Gasteiger partial charge in [0.1, 0.15) is 0 Å². The number of amides is 1. The summed E-state index contributed by atoms with van der Waals surface area (Å²) in [5, 5.41) is 0.943. The van der Waals surface area contributed by atoms with Crippen molar-refractivity contribution >= 4 is 16.8 Å². The van der Waals surface area contributed by atoms with Gasteiger partial charge >= 0.3 is 0 Å². The zero-order valence-electron chi connectivity index (χ0n) is 13.4. The number of carbonyl (C=O) groups is 1. The third-order valence-corrected chi connectivity index (χ3v) is 4.40. The molecule has 0 unspecified atom stereocenters. The van der Waals surface area contributed by atoms with Gasteiger partial charge in [0.05, 0.1) is 23.7 Å². The highest BCUT2D eigenvalue weighted by atomic mass is 16.5. The summed E-state index contributed by atoms with van der Waals surface area (Å²) < 4.78 is 5.27. The molecule has 0 bridgehead atoms. The number of nitrogens with zero attached hydrogens (tertiary/aromatic N) is 2. The summed E-state index contributed by atoms with van der Waals surface area (Å²) in [6, 6.07) is 8.11. The summed E-state index contributed by atoms with van der Waals surface area (Å²) in [7, 11) is 1.69. The number of likely N-dealkylation sites (tertiary alicyclic amines) is 1. The Balaban J connectivity index is 2.06. The molecule has 0 spiro atoms. The molecule has 4 heteroatoms. The fourth-order valence-corrected chi connectivity index (χ4v) is 3.32. The van der Waals surface area contributed by atoms with Gasteiger partial charge in [0, 0.05) is 24.7 Å². The minimum Gasteiger partial charge on any atom is -0.383 e. The molecule has 2 aromatic rings. The van der Waals surface area contributed by atoms with Crippen LogP contribution in [0.2, 0.25) is 0 Å². The molecule has 22 heavy (non-hydrogen) atoms. The summed E-state index contributed by atoms with van der Waals surface area (Å²) >= 11 is 0. The molecule has 1 amide bonds. The van der Waals surface area contributed by atoms with Crippen LogP contribution in [0.25, 0.3) is 10.9 Å². The molecule has 116 valence electrons. The fraction of sp³-hybridized carbons (Fsp3) is 0.444. The van der Waals surface area contributed by atoms with E-state index in [1.807, 2.05) is 43.0 Å². The van der Waals surface area contributed by atoms with Crippen molar-refractivity contribution in [3.05, 3.63) is 41.1 Å². The number of aromatic nitrogens is 1. The molecule has 1 fully saturated rings. The summed E-state index contributed by atoms with van der Waals surface area (Å²) in [5.74, 6) is 0.0978. The lowest BCUT2D eigenvalue weighted by Gasteiger charge is -2.25. The second-order valence-corrected chi connectivity index (χ2v) is 6.03. The third kappa shape index (κ3) is 2.59. The Hall–Kier alpha value is -1.94. The maximum Gasteiger partial charge on any atom is 0.254 e. The number of hydrogen-bond donors (Lipinski definition) is 0. The second-order valence-electron chi connectivity index (χ2n) is 6.03. The van der Waals surface area contributed by atoms with Crippen molar-refractivity contribution in [2.24, 2.45) is 0 Å².